The highest BCUT2D eigenvalue weighted by molar-refractivity contribution is 5.62. The summed E-state index contributed by atoms with van der Waals surface area (Å²) in [5.41, 5.74) is 0. The van der Waals surface area contributed by atoms with E-state index in [1.54, 1.807) is 0 Å². The first-order valence-electron chi connectivity index (χ1n) is 4.75. The lowest BCUT2D eigenvalue weighted by atomic mass is 10.3. The summed E-state index contributed by atoms with van der Waals surface area (Å²) < 4.78 is 0. The minimum atomic E-state index is -0.833. The summed E-state index contributed by atoms with van der Waals surface area (Å²) in [5, 5.41) is 15.8. The summed E-state index contributed by atoms with van der Waals surface area (Å²) in [6.45, 7) is 3.46. The highest BCUT2D eigenvalue weighted by Crippen LogP contribution is 1.89. The molecule has 0 unspecified atom stereocenters. The molecule has 0 bridgehead atoms. The molecule has 0 fully saturated rings. The van der Waals surface area contributed by atoms with Crippen LogP contribution in [0, 0.1) is 0 Å². The number of hydrogen-bond acceptors (Lipinski definition) is 2. The van der Waals surface area contributed by atoms with Crippen LogP contribution >= 0.6 is 0 Å². The fraction of sp³-hybridized carbons (Fsp3) is 0.545. The average molecular weight is 200 g/mol. The topological polar surface area (TPSA) is 57.5 Å². The van der Waals surface area contributed by atoms with E-state index in [0.29, 0.717) is 0 Å². The standard InChI is InChI=1S/C9H16O.C2H4O2/c1-2-3-4-5-6-7-8-9-10;1-2(3)4/h3-4,6-7,10H,2,5,8-9H2,1H3;1H3,(H,3,4). The number of aliphatic hydroxyl groups excluding tert-OH is 1. The minimum Gasteiger partial charge on any atom is -0.481 e. The number of aliphatic hydroxyl groups is 1. The smallest absolute Gasteiger partial charge is 0.300 e. The van der Waals surface area contributed by atoms with E-state index in [2.05, 4.69) is 25.2 Å². The third-order valence-electron chi connectivity index (χ3n) is 1.14. The van der Waals surface area contributed by atoms with Crippen molar-refractivity contribution in [3.63, 3.8) is 0 Å². The fourth-order valence-corrected chi connectivity index (χ4v) is 0.630. The molecule has 3 heteroatoms. The van der Waals surface area contributed by atoms with E-state index < -0.39 is 5.97 Å². The molecule has 0 aliphatic rings. The molecule has 0 aromatic rings. The van der Waals surface area contributed by atoms with Gasteiger partial charge >= 0.3 is 0 Å². The Morgan fingerprint density at radius 1 is 1.21 bits per heavy atom. The van der Waals surface area contributed by atoms with Crippen LogP contribution in [0.4, 0.5) is 0 Å². The average Bonchev–Trinajstić information content (AvgIpc) is 2.10. The molecular weight excluding hydrogens is 180 g/mol. The molecule has 0 rings (SSSR count). The first-order chi connectivity index (χ1) is 6.65. The van der Waals surface area contributed by atoms with Gasteiger partial charge in [0.25, 0.3) is 5.97 Å². The van der Waals surface area contributed by atoms with Gasteiger partial charge in [0.1, 0.15) is 0 Å². The summed E-state index contributed by atoms with van der Waals surface area (Å²) in [6.07, 6.45) is 11.2. The number of aliphatic carboxylic acids is 1. The summed E-state index contributed by atoms with van der Waals surface area (Å²) in [6, 6.07) is 0. The molecule has 0 radical (unpaired) electrons. The Morgan fingerprint density at radius 3 is 2.14 bits per heavy atom. The molecule has 0 aromatic heterocycles. The van der Waals surface area contributed by atoms with Crippen LogP contribution in [0.3, 0.4) is 0 Å². The van der Waals surface area contributed by atoms with Crippen molar-refractivity contribution < 1.29 is 15.0 Å². The van der Waals surface area contributed by atoms with Crippen molar-refractivity contribution in [1.29, 1.82) is 0 Å². The highest BCUT2D eigenvalue weighted by Gasteiger charge is 1.72. The quantitative estimate of drug-likeness (QED) is 0.670. The molecule has 0 aliphatic heterocycles. The number of rotatable bonds is 5. The van der Waals surface area contributed by atoms with E-state index >= 15 is 0 Å². The van der Waals surface area contributed by atoms with E-state index in [0.717, 1.165) is 26.2 Å². The first-order valence-corrected chi connectivity index (χ1v) is 4.75. The maximum absolute atomic E-state index is 9.00. The van der Waals surface area contributed by atoms with Crippen LogP contribution in [0.5, 0.6) is 0 Å². The van der Waals surface area contributed by atoms with Gasteiger partial charge < -0.3 is 10.2 Å². The van der Waals surface area contributed by atoms with Crippen molar-refractivity contribution in [3.8, 4) is 0 Å². The number of carboxylic acid groups (broad SMARTS) is 1. The van der Waals surface area contributed by atoms with Crippen LogP contribution in [0.15, 0.2) is 24.3 Å². The summed E-state index contributed by atoms with van der Waals surface area (Å²) >= 11 is 0. The van der Waals surface area contributed by atoms with Crippen LogP contribution in [0.2, 0.25) is 0 Å². The molecule has 82 valence electrons. The molecule has 0 atom stereocenters. The number of allylic oxidation sites excluding steroid dienone is 3. The summed E-state index contributed by atoms with van der Waals surface area (Å²) in [7, 11) is 0. The van der Waals surface area contributed by atoms with Crippen molar-refractivity contribution in [2.45, 2.75) is 33.1 Å². The Kier molecular flexibility index (Phi) is 15.9. The van der Waals surface area contributed by atoms with E-state index in [-0.39, 0.29) is 6.61 Å². The number of carboxylic acids is 1. The lowest BCUT2D eigenvalue weighted by Gasteiger charge is -1.83. The largest absolute Gasteiger partial charge is 0.481 e. The minimum absolute atomic E-state index is 0.258. The SMILES string of the molecule is CC(=O)O.CCC=CCC=CCCO. The van der Waals surface area contributed by atoms with Gasteiger partial charge in [-0.2, -0.15) is 0 Å². The Balaban J connectivity index is 0. The molecule has 0 heterocycles. The highest BCUT2D eigenvalue weighted by atomic mass is 16.4. The van der Waals surface area contributed by atoms with Crippen LogP contribution < -0.4 is 0 Å². The van der Waals surface area contributed by atoms with E-state index in [1.165, 1.54) is 0 Å². The molecule has 0 saturated heterocycles. The fourth-order valence-electron chi connectivity index (χ4n) is 0.630. The van der Waals surface area contributed by atoms with Gasteiger partial charge in [-0.25, -0.2) is 0 Å². The molecule has 14 heavy (non-hydrogen) atoms. The van der Waals surface area contributed by atoms with Crippen LogP contribution in [0.1, 0.15) is 33.1 Å². The van der Waals surface area contributed by atoms with E-state index in [1.807, 2.05) is 6.08 Å². The third kappa shape index (κ3) is 30.7. The molecule has 0 aliphatic carbocycles. The third-order valence-corrected chi connectivity index (χ3v) is 1.14. The van der Waals surface area contributed by atoms with Gasteiger partial charge in [0.15, 0.2) is 0 Å². The molecular formula is C11H20O3. The van der Waals surface area contributed by atoms with Crippen LogP contribution in [-0.2, 0) is 4.79 Å². The van der Waals surface area contributed by atoms with Gasteiger partial charge in [-0.15, -0.1) is 0 Å². The van der Waals surface area contributed by atoms with Gasteiger partial charge in [-0.05, 0) is 19.3 Å². The lowest BCUT2D eigenvalue weighted by molar-refractivity contribution is -0.134. The van der Waals surface area contributed by atoms with Gasteiger partial charge in [0.05, 0.1) is 0 Å². The summed E-state index contributed by atoms with van der Waals surface area (Å²) in [4.78, 5) is 9.00. The first kappa shape index (κ1) is 15.4. The van der Waals surface area contributed by atoms with E-state index in [9.17, 15) is 0 Å². The predicted molar refractivity (Wildman–Crippen MR) is 58.2 cm³/mol. The maximum Gasteiger partial charge on any atom is 0.300 e. The molecule has 0 amide bonds. The second-order valence-electron chi connectivity index (χ2n) is 2.62. The van der Waals surface area contributed by atoms with Gasteiger partial charge in [-0.1, -0.05) is 31.2 Å². The Hall–Kier alpha value is -1.09. The van der Waals surface area contributed by atoms with Crippen LogP contribution in [-0.4, -0.2) is 22.8 Å². The van der Waals surface area contributed by atoms with Gasteiger partial charge in [0.2, 0.25) is 0 Å². The van der Waals surface area contributed by atoms with Crippen molar-refractivity contribution >= 4 is 5.97 Å². The zero-order chi connectivity index (χ0) is 11.2. The zero-order valence-corrected chi connectivity index (χ0v) is 8.94. The zero-order valence-electron chi connectivity index (χ0n) is 8.94. The Morgan fingerprint density at radius 2 is 1.71 bits per heavy atom. The Bertz CT molecular complexity index is 167. The second-order valence-corrected chi connectivity index (χ2v) is 2.62. The van der Waals surface area contributed by atoms with Crippen molar-refractivity contribution in [2.24, 2.45) is 0 Å². The maximum atomic E-state index is 9.00. The normalized spacial score (nSPS) is 10.2. The lowest BCUT2D eigenvalue weighted by Crippen LogP contribution is -1.78. The van der Waals surface area contributed by atoms with Gasteiger partial charge in [0, 0.05) is 13.5 Å². The van der Waals surface area contributed by atoms with Gasteiger partial charge in [-0.3, -0.25) is 4.79 Å². The van der Waals surface area contributed by atoms with E-state index in [4.69, 9.17) is 15.0 Å². The molecule has 0 spiro atoms. The second kappa shape index (κ2) is 14.4. The molecule has 3 nitrogen and oxygen atoms in total. The van der Waals surface area contributed by atoms with Crippen molar-refractivity contribution in [3.05, 3.63) is 24.3 Å². The van der Waals surface area contributed by atoms with Crippen molar-refractivity contribution in [2.75, 3.05) is 6.61 Å². The molecule has 0 aromatic carbocycles. The summed E-state index contributed by atoms with van der Waals surface area (Å²) in [5.74, 6) is -0.833. The Labute approximate surface area is 85.8 Å². The number of hydrogen-bond donors (Lipinski definition) is 2. The molecule has 0 saturated carbocycles. The monoisotopic (exact) mass is 200 g/mol. The predicted octanol–water partition coefficient (Wildman–Crippen LogP) is 2.37. The number of carbonyl (C=O) groups is 1. The van der Waals surface area contributed by atoms with Crippen LogP contribution in [0.25, 0.3) is 0 Å². The van der Waals surface area contributed by atoms with Crippen molar-refractivity contribution in [1.82, 2.24) is 0 Å². The molecule has 2 N–H and O–H groups in total.